The quantitative estimate of drug-likeness (QED) is 0.395. The summed E-state index contributed by atoms with van der Waals surface area (Å²) in [7, 11) is 0. The number of hydrogen-bond acceptors (Lipinski definition) is 4. The number of benzene rings is 3. The molecule has 0 aromatic heterocycles. The Balaban J connectivity index is 1.56. The number of carbonyl (C=O) groups excluding carboxylic acids is 2. The second-order valence-electron chi connectivity index (χ2n) is 5.83. The summed E-state index contributed by atoms with van der Waals surface area (Å²) >= 11 is 0. The summed E-state index contributed by atoms with van der Waals surface area (Å²) in [5.74, 6) is -1.03. The third kappa shape index (κ3) is 5.54. The number of carbonyl (C=O) groups is 2. The molecule has 3 aromatic carbocycles. The Morgan fingerprint density at radius 3 is 2.21 bits per heavy atom. The van der Waals surface area contributed by atoms with Gasteiger partial charge in [0, 0.05) is 11.3 Å². The summed E-state index contributed by atoms with van der Waals surface area (Å²) in [6.07, 6.45) is 1.44. The molecule has 0 atom stereocenters. The summed E-state index contributed by atoms with van der Waals surface area (Å²) in [5, 5.41) is 6.35. The predicted octanol–water partition coefficient (Wildman–Crippen LogP) is 3.35. The smallest absolute Gasteiger partial charge is 0.329 e. The summed E-state index contributed by atoms with van der Waals surface area (Å²) < 4.78 is 5.82. The molecule has 0 spiro atoms. The highest BCUT2D eigenvalue weighted by molar-refractivity contribution is 6.39. The molecule has 0 aliphatic carbocycles. The van der Waals surface area contributed by atoms with Crippen molar-refractivity contribution in [1.82, 2.24) is 5.43 Å². The van der Waals surface area contributed by atoms with Gasteiger partial charge in [-0.05, 0) is 29.8 Å². The SMILES string of the molecule is O=C(N/N=C\c1ccccc1OCc1ccccc1)C(=O)Nc1ccccc1. The van der Waals surface area contributed by atoms with Gasteiger partial charge in [-0.3, -0.25) is 9.59 Å². The molecule has 0 unspecified atom stereocenters. The lowest BCUT2D eigenvalue weighted by molar-refractivity contribution is -0.136. The molecule has 6 heteroatoms. The van der Waals surface area contributed by atoms with Crippen LogP contribution in [0, 0.1) is 0 Å². The van der Waals surface area contributed by atoms with E-state index < -0.39 is 11.8 Å². The number of nitrogens with one attached hydrogen (secondary N) is 2. The third-order valence-corrected chi connectivity index (χ3v) is 3.76. The van der Waals surface area contributed by atoms with Gasteiger partial charge >= 0.3 is 11.8 Å². The van der Waals surface area contributed by atoms with Crippen LogP contribution in [0.2, 0.25) is 0 Å². The zero-order chi connectivity index (χ0) is 19.6. The van der Waals surface area contributed by atoms with E-state index in [1.54, 1.807) is 30.3 Å². The molecule has 0 heterocycles. The molecule has 0 aliphatic rings. The highest BCUT2D eigenvalue weighted by Gasteiger charge is 2.12. The van der Waals surface area contributed by atoms with E-state index in [2.05, 4.69) is 15.8 Å². The molecule has 3 rings (SSSR count). The maximum Gasteiger partial charge on any atom is 0.329 e. The van der Waals surface area contributed by atoms with Crippen molar-refractivity contribution >= 4 is 23.7 Å². The molecule has 28 heavy (non-hydrogen) atoms. The lowest BCUT2D eigenvalue weighted by Gasteiger charge is -2.09. The number of para-hydroxylation sites is 2. The first-order valence-corrected chi connectivity index (χ1v) is 8.67. The number of hydrogen-bond donors (Lipinski definition) is 2. The summed E-state index contributed by atoms with van der Waals surface area (Å²) in [4.78, 5) is 23.7. The van der Waals surface area contributed by atoms with Crippen molar-refractivity contribution in [3.8, 4) is 5.75 Å². The normalized spacial score (nSPS) is 10.4. The number of amides is 2. The minimum Gasteiger partial charge on any atom is -0.488 e. The van der Waals surface area contributed by atoms with Crippen LogP contribution in [0.5, 0.6) is 5.75 Å². The van der Waals surface area contributed by atoms with E-state index in [-0.39, 0.29) is 0 Å². The molecule has 0 saturated heterocycles. The Kier molecular flexibility index (Phi) is 6.52. The molecule has 0 radical (unpaired) electrons. The van der Waals surface area contributed by atoms with Crippen LogP contribution >= 0.6 is 0 Å². The van der Waals surface area contributed by atoms with Gasteiger partial charge < -0.3 is 10.1 Å². The maximum atomic E-state index is 11.9. The molecule has 140 valence electrons. The van der Waals surface area contributed by atoms with Gasteiger partial charge in [-0.1, -0.05) is 60.7 Å². The van der Waals surface area contributed by atoms with E-state index >= 15 is 0 Å². The molecule has 2 N–H and O–H groups in total. The van der Waals surface area contributed by atoms with Gasteiger partial charge in [-0.15, -0.1) is 0 Å². The number of ether oxygens (including phenoxy) is 1. The van der Waals surface area contributed by atoms with Crippen molar-refractivity contribution in [2.75, 3.05) is 5.32 Å². The van der Waals surface area contributed by atoms with E-state index in [1.165, 1.54) is 6.21 Å². The van der Waals surface area contributed by atoms with Crippen LogP contribution in [-0.4, -0.2) is 18.0 Å². The van der Waals surface area contributed by atoms with E-state index in [0.717, 1.165) is 5.56 Å². The largest absolute Gasteiger partial charge is 0.488 e. The topological polar surface area (TPSA) is 79.8 Å². The first-order valence-electron chi connectivity index (χ1n) is 8.67. The van der Waals surface area contributed by atoms with Crippen LogP contribution in [0.1, 0.15) is 11.1 Å². The van der Waals surface area contributed by atoms with Gasteiger partial charge in [0.1, 0.15) is 12.4 Å². The highest BCUT2D eigenvalue weighted by atomic mass is 16.5. The molecule has 0 fully saturated rings. The standard InChI is InChI=1S/C22H19N3O3/c26-21(24-19-12-5-2-6-13-19)22(27)25-23-15-18-11-7-8-14-20(18)28-16-17-9-3-1-4-10-17/h1-15H,16H2,(H,24,26)(H,25,27)/b23-15-. The Hall–Kier alpha value is -3.93. The van der Waals surface area contributed by atoms with Crippen LogP contribution in [0.15, 0.2) is 90.0 Å². The zero-order valence-corrected chi connectivity index (χ0v) is 15.0. The van der Waals surface area contributed by atoms with Crippen molar-refractivity contribution in [3.05, 3.63) is 96.1 Å². The summed E-state index contributed by atoms with van der Waals surface area (Å²) in [6.45, 7) is 0.414. The van der Waals surface area contributed by atoms with Gasteiger partial charge in [0.25, 0.3) is 0 Å². The van der Waals surface area contributed by atoms with Gasteiger partial charge in [0.05, 0.1) is 6.21 Å². The fourth-order valence-corrected chi connectivity index (χ4v) is 2.37. The van der Waals surface area contributed by atoms with Crippen molar-refractivity contribution in [1.29, 1.82) is 0 Å². The Labute approximate surface area is 162 Å². The molecule has 0 aliphatic heterocycles. The average Bonchev–Trinajstić information content (AvgIpc) is 2.74. The van der Waals surface area contributed by atoms with Crippen molar-refractivity contribution < 1.29 is 14.3 Å². The molecular weight excluding hydrogens is 354 g/mol. The van der Waals surface area contributed by atoms with Gasteiger partial charge in [0.15, 0.2) is 0 Å². The summed E-state index contributed by atoms with van der Waals surface area (Å²) in [6, 6.07) is 25.8. The Bertz CT molecular complexity index is 957. The minimum absolute atomic E-state index is 0.414. The number of nitrogens with zero attached hydrogens (tertiary/aromatic N) is 1. The maximum absolute atomic E-state index is 11.9. The molecule has 0 saturated carbocycles. The van der Waals surface area contributed by atoms with Crippen LogP contribution in [0.3, 0.4) is 0 Å². The van der Waals surface area contributed by atoms with Crippen LogP contribution in [-0.2, 0) is 16.2 Å². The average molecular weight is 373 g/mol. The summed E-state index contributed by atoms with van der Waals surface area (Å²) in [5.41, 5.74) is 4.47. The fraction of sp³-hybridized carbons (Fsp3) is 0.0455. The molecule has 2 amide bonds. The fourth-order valence-electron chi connectivity index (χ4n) is 2.37. The van der Waals surface area contributed by atoms with Crippen LogP contribution in [0.4, 0.5) is 5.69 Å². The van der Waals surface area contributed by atoms with E-state index in [0.29, 0.717) is 23.6 Å². The Morgan fingerprint density at radius 1 is 0.821 bits per heavy atom. The number of hydrazone groups is 1. The van der Waals surface area contributed by atoms with Crippen LogP contribution < -0.4 is 15.5 Å². The molecule has 6 nitrogen and oxygen atoms in total. The van der Waals surface area contributed by atoms with Gasteiger partial charge in [0.2, 0.25) is 0 Å². The lowest BCUT2D eigenvalue weighted by Crippen LogP contribution is -2.32. The van der Waals surface area contributed by atoms with E-state index in [9.17, 15) is 9.59 Å². The Morgan fingerprint density at radius 2 is 1.46 bits per heavy atom. The molecular formula is C22H19N3O3. The minimum atomic E-state index is -0.859. The zero-order valence-electron chi connectivity index (χ0n) is 15.0. The lowest BCUT2D eigenvalue weighted by atomic mass is 10.2. The van der Waals surface area contributed by atoms with Gasteiger partial charge in [-0.25, -0.2) is 5.43 Å². The van der Waals surface area contributed by atoms with Crippen molar-refractivity contribution in [2.24, 2.45) is 5.10 Å². The number of rotatable bonds is 6. The second-order valence-corrected chi connectivity index (χ2v) is 5.83. The second kappa shape index (κ2) is 9.68. The highest BCUT2D eigenvalue weighted by Crippen LogP contribution is 2.17. The monoisotopic (exact) mass is 373 g/mol. The molecule has 3 aromatic rings. The van der Waals surface area contributed by atoms with Crippen LogP contribution in [0.25, 0.3) is 0 Å². The molecule has 0 bridgehead atoms. The van der Waals surface area contributed by atoms with Gasteiger partial charge in [-0.2, -0.15) is 5.10 Å². The van der Waals surface area contributed by atoms with Crippen molar-refractivity contribution in [3.63, 3.8) is 0 Å². The van der Waals surface area contributed by atoms with E-state index in [1.807, 2.05) is 54.6 Å². The predicted molar refractivity (Wildman–Crippen MR) is 108 cm³/mol. The number of anilines is 1. The van der Waals surface area contributed by atoms with Crippen molar-refractivity contribution in [2.45, 2.75) is 6.61 Å². The first-order chi connectivity index (χ1) is 13.7. The first kappa shape index (κ1) is 18.8. The van der Waals surface area contributed by atoms with E-state index in [4.69, 9.17) is 4.74 Å². The third-order valence-electron chi connectivity index (χ3n) is 3.76.